The maximum absolute atomic E-state index is 14.8. The number of carboxylic acid groups (broad SMARTS) is 1. The number of aryl methyl sites for hydroxylation is 1. The molecular weight excluding hydrogens is 661 g/mol. The Bertz CT molecular complexity index is 1820. The lowest BCUT2D eigenvalue weighted by atomic mass is 10.1. The summed E-state index contributed by atoms with van der Waals surface area (Å²) < 4.78 is 72.9. The third kappa shape index (κ3) is 9.38. The number of carboxylic acids is 1. The van der Waals surface area contributed by atoms with Crippen LogP contribution in [-0.4, -0.2) is 101 Å². The van der Waals surface area contributed by atoms with Crippen molar-refractivity contribution in [2.75, 3.05) is 58.4 Å². The van der Waals surface area contributed by atoms with Crippen molar-refractivity contribution in [3.63, 3.8) is 0 Å². The maximum Gasteiger partial charge on any atom is 0.490 e. The van der Waals surface area contributed by atoms with Crippen LogP contribution in [0.2, 0.25) is 0 Å². The summed E-state index contributed by atoms with van der Waals surface area (Å²) in [5, 5.41) is 16.0. The van der Waals surface area contributed by atoms with Crippen LogP contribution < -0.4 is 20.7 Å². The molecule has 1 saturated heterocycles. The average molecular weight is 694 g/mol. The number of benzene rings is 2. The normalized spacial score (nSPS) is 13.3. The van der Waals surface area contributed by atoms with Gasteiger partial charge in [0.15, 0.2) is 23.0 Å². The molecular formula is C31H32F5N7O6. The van der Waals surface area contributed by atoms with Gasteiger partial charge in [-0.15, -0.1) is 0 Å². The number of hydrogen-bond acceptors (Lipinski definition) is 9. The molecule has 2 amide bonds. The molecule has 0 atom stereocenters. The lowest BCUT2D eigenvalue weighted by molar-refractivity contribution is -0.192. The Morgan fingerprint density at radius 1 is 1.10 bits per heavy atom. The molecule has 2 aromatic heterocycles. The zero-order chi connectivity index (χ0) is 35.7. The number of nitrogens with one attached hydrogen (secondary N) is 3. The van der Waals surface area contributed by atoms with Gasteiger partial charge in [-0.2, -0.15) is 17.6 Å². The number of anilines is 2. The molecule has 2 aromatic carbocycles. The molecule has 0 bridgehead atoms. The van der Waals surface area contributed by atoms with Crippen LogP contribution in [0.25, 0.3) is 16.9 Å². The topological polar surface area (TPSA) is 159 Å². The van der Waals surface area contributed by atoms with Gasteiger partial charge in [0.05, 0.1) is 38.8 Å². The van der Waals surface area contributed by atoms with Crippen molar-refractivity contribution >= 4 is 34.9 Å². The average Bonchev–Trinajstić information content (AvgIpc) is 3.49. The first-order chi connectivity index (χ1) is 23.3. The minimum atomic E-state index is -5.08. The summed E-state index contributed by atoms with van der Waals surface area (Å²) in [5.74, 6) is -4.85. The summed E-state index contributed by atoms with van der Waals surface area (Å²) in [6.07, 6.45) is -0.502. The number of methoxy groups -OCH3 is 1. The minimum Gasteiger partial charge on any atom is -0.494 e. The number of nitrogens with zero attached hydrogens (tertiary/aromatic N) is 4. The van der Waals surface area contributed by atoms with Crippen LogP contribution in [0.1, 0.15) is 15.9 Å². The van der Waals surface area contributed by atoms with Crippen LogP contribution in [0.5, 0.6) is 5.75 Å². The molecule has 3 heterocycles. The standard InChI is InChI=1S/C29H31F2N7O4.C2HF3O2/c1-18-15-19(3-4-20(18)29(40)34-9-13-42-14-12-37-10-7-32-24(39)17-37)36-27-28-35-16-22(38(28)11-8-33-27)21-5-6-23(41-2)26(31)25(21)30;3-2(4,5)1(6)7/h3-6,8,11,15-16H,7,9-10,12-14,17H2,1-2H3,(H,32,39)(H,33,36)(H,34,40);(H,6,7). The van der Waals surface area contributed by atoms with E-state index in [9.17, 15) is 31.5 Å². The highest BCUT2D eigenvalue weighted by atomic mass is 19.4. The molecule has 0 saturated carbocycles. The summed E-state index contributed by atoms with van der Waals surface area (Å²) in [4.78, 5) is 43.8. The highest BCUT2D eigenvalue weighted by Crippen LogP contribution is 2.31. The van der Waals surface area contributed by atoms with Crippen LogP contribution in [0.3, 0.4) is 0 Å². The molecule has 13 nitrogen and oxygen atoms in total. The molecule has 1 aliphatic heterocycles. The molecule has 262 valence electrons. The number of ether oxygens (including phenoxy) is 2. The maximum atomic E-state index is 14.8. The second kappa shape index (κ2) is 16.2. The summed E-state index contributed by atoms with van der Waals surface area (Å²) >= 11 is 0. The molecule has 5 rings (SSSR count). The zero-order valence-corrected chi connectivity index (χ0v) is 26.2. The van der Waals surface area contributed by atoms with E-state index in [2.05, 4.69) is 25.9 Å². The van der Waals surface area contributed by atoms with E-state index < -0.39 is 23.8 Å². The number of alkyl halides is 3. The number of carbonyl (C=O) groups is 3. The van der Waals surface area contributed by atoms with Gasteiger partial charge in [-0.25, -0.2) is 19.2 Å². The van der Waals surface area contributed by atoms with E-state index in [1.165, 1.54) is 31.6 Å². The summed E-state index contributed by atoms with van der Waals surface area (Å²) in [6, 6.07) is 8.07. The molecule has 0 unspecified atom stereocenters. The first-order valence-corrected chi connectivity index (χ1v) is 14.7. The molecule has 0 radical (unpaired) electrons. The van der Waals surface area contributed by atoms with Gasteiger partial charge in [0.2, 0.25) is 11.7 Å². The highest BCUT2D eigenvalue weighted by Gasteiger charge is 2.38. The van der Waals surface area contributed by atoms with Crippen molar-refractivity contribution < 1.29 is 50.9 Å². The number of halogens is 5. The van der Waals surface area contributed by atoms with E-state index in [0.29, 0.717) is 67.8 Å². The van der Waals surface area contributed by atoms with Crippen LogP contribution in [0.4, 0.5) is 33.5 Å². The SMILES string of the molecule is COc1ccc(-c2cnc3c(Nc4ccc(C(=O)NCCOCCN5CCNC(=O)C5)c(C)c4)nccn23)c(F)c1F.O=C(O)C(F)(F)F. The van der Waals surface area contributed by atoms with Crippen molar-refractivity contribution in [2.24, 2.45) is 0 Å². The second-order valence-electron chi connectivity index (χ2n) is 10.5. The number of aliphatic carboxylic acids is 1. The predicted molar refractivity (Wildman–Crippen MR) is 166 cm³/mol. The number of hydrogen-bond donors (Lipinski definition) is 4. The number of carbonyl (C=O) groups excluding carboxylic acids is 2. The van der Waals surface area contributed by atoms with Gasteiger partial charge in [0.25, 0.3) is 5.91 Å². The Morgan fingerprint density at radius 3 is 2.53 bits per heavy atom. The lowest BCUT2D eigenvalue weighted by Crippen LogP contribution is -2.48. The van der Waals surface area contributed by atoms with E-state index in [0.717, 1.165) is 12.1 Å². The Kier molecular flexibility index (Phi) is 12.0. The molecule has 1 aliphatic rings. The second-order valence-corrected chi connectivity index (χ2v) is 10.5. The van der Waals surface area contributed by atoms with E-state index >= 15 is 0 Å². The predicted octanol–water partition coefficient (Wildman–Crippen LogP) is 3.55. The Balaban J connectivity index is 0.000000698. The summed E-state index contributed by atoms with van der Waals surface area (Å²) in [6.45, 7) is 5.51. The molecule has 18 heteroatoms. The Hall–Kier alpha value is -5.36. The zero-order valence-electron chi connectivity index (χ0n) is 26.2. The summed E-state index contributed by atoms with van der Waals surface area (Å²) in [5.41, 5.74) is 2.72. The van der Waals surface area contributed by atoms with Gasteiger partial charge in [-0.3, -0.25) is 18.9 Å². The van der Waals surface area contributed by atoms with Crippen molar-refractivity contribution in [3.05, 3.63) is 71.7 Å². The monoisotopic (exact) mass is 693 g/mol. The minimum absolute atomic E-state index is 0.0216. The largest absolute Gasteiger partial charge is 0.494 e. The fourth-order valence-corrected chi connectivity index (χ4v) is 4.74. The molecule has 4 N–H and O–H groups in total. The third-order valence-corrected chi connectivity index (χ3v) is 7.15. The summed E-state index contributed by atoms with van der Waals surface area (Å²) in [7, 11) is 1.27. The molecule has 0 spiro atoms. The van der Waals surface area contributed by atoms with Gasteiger partial charge >= 0.3 is 12.1 Å². The smallest absolute Gasteiger partial charge is 0.490 e. The van der Waals surface area contributed by atoms with Gasteiger partial charge in [-0.1, -0.05) is 0 Å². The lowest BCUT2D eigenvalue weighted by Gasteiger charge is -2.26. The van der Waals surface area contributed by atoms with Crippen LogP contribution >= 0.6 is 0 Å². The van der Waals surface area contributed by atoms with Gasteiger partial charge in [0.1, 0.15) is 0 Å². The van der Waals surface area contributed by atoms with Gasteiger partial charge < -0.3 is 30.5 Å². The Morgan fingerprint density at radius 2 is 1.86 bits per heavy atom. The first kappa shape index (κ1) is 36.5. The van der Waals surface area contributed by atoms with Crippen LogP contribution in [-0.2, 0) is 14.3 Å². The molecule has 4 aromatic rings. The molecule has 0 aliphatic carbocycles. The van der Waals surface area contributed by atoms with Crippen LogP contribution in [0.15, 0.2) is 48.9 Å². The van der Waals surface area contributed by atoms with E-state index in [-0.39, 0.29) is 23.1 Å². The van der Waals surface area contributed by atoms with Crippen molar-refractivity contribution in [2.45, 2.75) is 13.1 Å². The fourth-order valence-electron chi connectivity index (χ4n) is 4.74. The molecule has 1 fully saturated rings. The quantitative estimate of drug-likeness (QED) is 0.135. The number of amides is 2. The Labute approximate surface area is 276 Å². The highest BCUT2D eigenvalue weighted by molar-refractivity contribution is 5.96. The first-order valence-electron chi connectivity index (χ1n) is 14.7. The molecule has 49 heavy (non-hydrogen) atoms. The number of piperazine rings is 1. The number of rotatable bonds is 11. The van der Waals surface area contributed by atoms with Crippen molar-refractivity contribution in [3.8, 4) is 17.0 Å². The number of aromatic nitrogens is 3. The number of fused-ring (bicyclic) bond motifs is 1. The number of imidazole rings is 1. The van der Waals surface area contributed by atoms with Crippen molar-refractivity contribution in [1.29, 1.82) is 0 Å². The van der Waals surface area contributed by atoms with Crippen molar-refractivity contribution in [1.82, 2.24) is 29.9 Å². The van der Waals surface area contributed by atoms with Crippen LogP contribution in [0, 0.1) is 18.6 Å². The van der Waals surface area contributed by atoms with E-state index in [1.807, 2.05) is 17.9 Å². The third-order valence-electron chi connectivity index (χ3n) is 7.15. The van der Waals surface area contributed by atoms with Gasteiger partial charge in [-0.05, 0) is 42.8 Å². The fraction of sp³-hybridized carbons (Fsp3) is 0.323. The van der Waals surface area contributed by atoms with Gasteiger partial charge in [0, 0.05) is 55.4 Å². The van der Waals surface area contributed by atoms with E-state index in [1.54, 1.807) is 22.7 Å². The van der Waals surface area contributed by atoms with E-state index in [4.69, 9.17) is 19.4 Å².